The van der Waals surface area contributed by atoms with E-state index in [1.165, 1.54) is 0 Å². The average Bonchev–Trinajstić information content (AvgIpc) is 2.61. The van der Waals surface area contributed by atoms with Gasteiger partial charge in [-0.25, -0.2) is 4.79 Å². The van der Waals surface area contributed by atoms with Gasteiger partial charge >= 0.3 is 7.58 Å². The minimum absolute atomic E-state index is 0. The molecule has 4 heteroatoms. The molecule has 13 heavy (non-hydrogen) atoms. The zero-order chi connectivity index (χ0) is 9.94. The predicted molar refractivity (Wildman–Crippen MR) is 48.5 cm³/mol. The first kappa shape index (κ1) is 11.6. The number of carbonyl (C=O) groups excluding carboxylic acids is 1. The maximum absolute atomic E-state index is 10.2. The lowest BCUT2D eigenvalue weighted by Gasteiger charge is -1.98. The standard InChI is InChI=1S/C5H10O3.C4H4O/c1-3-7-5(6)8-4-2;1-2-4-5-3-1/h3-4H2,1-2H3;1-4H/p+1. The molecule has 4 nitrogen and oxygen atoms in total. The molecule has 0 aliphatic rings. The van der Waals surface area contributed by atoms with Gasteiger partial charge in [0.15, 0.2) is 0 Å². The Morgan fingerprint density at radius 3 is 1.92 bits per heavy atom. The predicted octanol–water partition coefficient (Wildman–Crippen LogP) is 2.57. The van der Waals surface area contributed by atoms with Crippen LogP contribution in [0, 0.1) is 0 Å². The summed E-state index contributed by atoms with van der Waals surface area (Å²) < 4.78 is 13.4. The Morgan fingerprint density at radius 1 is 1.23 bits per heavy atom. The summed E-state index contributed by atoms with van der Waals surface area (Å²) in [5.74, 6) is 0. The second-order valence-electron chi connectivity index (χ2n) is 1.91. The van der Waals surface area contributed by atoms with Gasteiger partial charge in [-0.3, -0.25) is 0 Å². The van der Waals surface area contributed by atoms with Crippen molar-refractivity contribution < 1.29 is 20.1 Å². The smallest absolute Gasteiger partial charge is 0.473 e. The van der Waals surface area contributed by atoms with E-state index >= 15 is 0 Å². The summed E-state index contributed by atoms with van der Waals surface area (Å²) in [5.41, 5.74) is 0. The Bertz CT molecular complexity index is 173. The molecule has 0 bridgehead atoms. The van der Waals surface area contributed by atoms with Gasteiger partial charge in [0, 0.05) is 0 Å². The van der Waals surface area contributed by atoms with Crippen LogP contribution in [0.3, 0.4) is 0 Å². The molecule has 0 radical (unpaired) electrons. The minimum Gasteiger partial charge on any atom is -0.473 e. The van der Waals surface area contributed by atoms with Crippen LogP contribution in [0.25, 0.3) is 0 Å². The van der Waals surface area contributed by atoms with Gasteiger partial charge in [-0.15, -0.1) is 0 Å². The van der Waals surface area contributed by atoms with E-state index < -0.39 is 6.16 Å². The Labute approximate surface area is 78.9 Å². The van der Waals surface area contributed by atoms with E-state index in [-0.39, 0.29) is 1.43 Å². The molecule has 74 valence electrons. The first-order chi connectivity index (χ1) is 6.31. The fraction of sp³-hybridized carbons (Fsp3) is 0.444. The Hall–Kier alpha value is -1.45. The molecule has 0 aliphatic carbocycles. The average molecular weight is 187 g/mol. The molecule has 1 rings (SSSR count). The van der Waals surface area contributed by atoms with E-state index in [1.54, 1.807) is 26.4 Å². The highest BCUT2D eigenvalue weighted by Gasteiger charge is 1.96. The highest BCUT2D eigenvalue weighted by Crippen LogP contribution is 1.81. The number of ether oxygens (including phenoxy) is 2. The van der Waals surface area contributed by atoms with Gasteiger partial charge in [-0.1, -0.05) is 0 Å². The number of rotatable bonds is 2. The molecule has 1 aromatic rings. The van der Waals surface area contributed by atoms with Gasteiger partial charge in [0.2, 0.25) is 0 Å². The summed E-state index contributed by atoms with van der Waals surface area (Å²) in [5, 5.41) is 0. The molecule has 0 saturated heterocycles. The van der Waals surface area contributed by atoms with Gasteiger partial charge in [-0.05, 0) is 26.0 Å². The van der Waals surface area contributed by atoms with Crippen LogP contribution >= 0.6 is 0 Å². The molecule has 0 saturated carbocycles. The third-order valence-corrected chi connectivity index (χ3v) is 0.950. The van der Waals surface area contributed by atoms with Crippen molar-refractivity contribution >= 4 is 6.16 Å². The second-order valence-corrected chi connectivity index (χ2v) is 1.91. The molecule has 0 atom stereocenters. The van der Waals surface area contributed by atoms with Crippen LogP contribution in [-0.2, 0) is 9.47 Å². The molecule has 1 aromatic heterocycles. The molecule has 0 aliphatic heterocycles. The van der Waals surface area contributed by atoms with E-state index in [0.717, 1.165) is 0 Å². The molecule has 0 fully saturated rings. The fourth-order valence-electron chi connectivity index (χ4n) is 0.504. The van der Waals surface area contributed by atoms with Gasteiger partial charge in [0.05, 0.1) is 25.7 Å². The highest BCUT2D eigenvalue weighted by molar-refractivity contribution is 5.59. The van der Waals surface area contributed by atoms with Crippen LogP contribution in [0.15, 0.2) is 29.1 Å². The molecule has 0 unspecified atom stereocenters. The lowest BCUT2D eigenvalue weighted by Crippen LogP contribution is -2.05. The van der Waals surface area contributed by atoms with Crippen molar-refractivity contribution in [3.05, 3.63) is 24.7 Å². The highest BCUT2D eigenvalue weighted by atomic mass is 16.7. The Morgan fingerprint density at radius 2 is 1.69 bits per heavy atom. The molecule has 1 heterocycles. The number of hydrogen-bond donors (Lipinski definition) is 0. The second kappa shape index (κ2) is 8.64. The monoisotopic (exact) mass is 187 g/mol. The largest absolute Gasteiger partial charge is 1.00 e. The van der Waals surface area contributed by atoms with Crippen LogP contribution in [0.5, 0.6) is 0 Å². The summed E-state index contributed by atoms with van der Waals surface area (Å²) in [6.07, 6.45) is 2.66. The van der Waals surface area contributed by atoms with Crippen molar-refractivity contribution in [2.75, 3.05) is 13.2 Å². The van der Waals surface area contributed by atoms with Crippen LogP contribution in [-0.4, -0.2) is 19.4 Å². The first-order valence-electron chi connectivity index (χ1n) is 4.08. The molecular weight excluding hydrogens is 172 g/mol. The van der Waals surface area contributed by atoms with E-state index in [4.69, 9.17) is 0 Å². The van der Waals surface area contributed by atoms with E-state index in [1.807, 2.05) is 12.1 Å². The minimum atomic E-state index is -0.588. The van der Waals surface area contributed by atoms with Crippen LogP contribution in [0.1, 0.15) is 15.3 Å². The zero-order valence-electron chi connectivity index (χ0n) is 8.86. The number of furan rings is 1. The number of carbonyl (C=O) groups is 1. The van der Waals surface area contributed by atoms with Crippen molar-refractivity contribution in [1.29, 1.82) is 0 Å². The summed E-state index contributed by atoms with van der Waals surface area (Å²) in [4.78, 5) is 10.2. The summed E-state index contributed by atoms with van der Waals surface area (Å²) in [6, 6.07) is 3.67. The maximum Gasteiger partial charge on any atom is 1.00 e. The van der Waals surface area contributed by atoms with E-state index in [9.17, 15) is 4.79 Å². The fourth-order valence-corrected chi connectivity index (χ4v) is 0.504. The summed E-state index contributed by atoms with van der Waals surface area (Å²) in [7, 11) is 0. The van der Waals surface area contributed by atoms with Crippen molar-refractivity contribution in [3.63, 3.8) is 0 Å². The Balaban J connectivity index is 0. The van der Waals surface area contributed by atoms with Crippen molar-refractivity contribution in [1.82, 2.24) is 0 Å². The third kappa shape index (κ3) is 8.46. The number of hydrogen-bond acceptors (Lipinski definition) is 4. The van der Waals surface area contributed by atoms with Crippen LogP contribution in [0.2, 0.25) is 0 Å². The Kier molecular flexibility index (Phi) is 7.68. The summed E-state index contributed by atoms with van der Waals surface area (Å²) in [6.45, 7) is 4.21. The molecule has 0 N–H and O–H groups in total. The third-order valence-electron chi connectivity index (χ3n) is 0.950. The van der Waals surface area contributed by atoms with E-state index in [0.29, 0.717) is 13.2 Å². The van der Waals surface area contributed by atoms with E-state index in [2.05, 4.69) is 13.9 Å². The van der Waals surface area contributed by atoms with Gasteiger partial charge in [0.1, 0.15) is 0 Å². The summed E-state index contributed by atoms with van der Waals surface area (Å²) >= 11 is 0. The van der Waals surface area contributed by atoms with Crippen molar-refractivity contribution in [2.45, 2.75) is 13.8 Å². The van der Waals surface area contributed by atoms with Crippen LogP contribution in [0.4, 0.5) is 4.79 Å². The van der Waals surface area contributed by atoms with Gasteiger partial charge in [0.25, 0.3) is 0 Å². The quantitative estimate of drug-likeness (QED) is 0.667. The normalized spacial score (nSPS) is 8.15. The molecular formula is C9H15O4+. The molecule has 0 spiro atoms. The van der Waals surface area contributed by atoms with Crippen molar-refractivity contribution in [2.24, 2.45) is 0 Å². The first-order valence-corrected chi connectivity index (χ1v) is 4.08. The van der Waals surface area contributed by atoms with Gasteiger partial charge in [-0.2, -0.15) is 0 Å². The molecule has 0 aromatic carbocycles. The zero-order valence-corrected chi connectivity index (χ0v) is 7.86. The van der Waals surface area contributed by atoms with Crippen molar-refractivity contribution in [3.8, 4) is 0 Å². The van der Waals surface area contributed by atoms with Crippen LogP contribution < -0.4 is 0 Å². The molecule has 0 amide bonds. The lowest BCUT2D eigenvalue weighted by molar-refractivity contribution is 0.0630. The van der Waals surface area contributed by atoms with Gasteiger partial charge < -0.3 is 13.9 Å². The SMILES string of the molecule is CCOC(=O)OCC.[H+].c1ccoc1. The topological polar surface area (TPSA) is 48.7 Å². The maximum atomic E-state index is 10.2. The lowest BCUT2D eigenvalue weighted by atomic mass is 10.7.